The number of rotatable bonds is 7. The molecule has 1 fully saturated rings. The van der Waals surface area contributed by atoms with Crippen molar-refractivity contribution in [2.45, 2.75) is 22.9 Å². The minimum Gasteiger partial charge on any atom is -0.497 e. The highest BCUT2D eigenvalue weighted by Crippen LogP contribution is 2.50. The van der Waals surface area contributed by atoms with Gasteiger partial charge in [-0.3, -0.25) is 4.90 Å². The molecule has 8 nitrogen and oxygen atoms in total. The maximum Gasteiger partial charge on any atom is 0.243 e. The van der Waals surface area contributed by atoms with Crippen LogP contribution in [0.4, 0.5) is 0 Å². The molecule has 0 radical (unpaired) electrons. The van der Waals surface area contributed by atoms with Crippen LogP contribution in [-0.2, 0) is 22.0 Å². The molecule has 0 saturated carbocycles. The van der Waals surface area contributed by atoms with E-state index in [2.05, 4.69) is 9.88 Å². The Morgan fingerprint density at radius 2 is 1.71 bits per heavy atom. The van der Waals surface area contributed by atoms with E-state index in [0.29, 0.717) is 31.1 Å². The fraction of sp³-hybridized carbons (Fsp3) is 0.310. The average Bonchev–Trinajstić information content (AvgIpc) is 3.31. The molecule has 1 spiro atoms. The van der Waals surface area contributed by atoms with Crippen molar-refractivity contribution >= 4 is 20.9 Å². The Bertz CT molecular complexity index is 1580. The van der Waals surface area contributed by atoms with E-state index >= 15 is 0 Å². The van der Waals surface area contributed by atoms with Crippen LogP contribution in [0.2, 0.25) is 0 Å². The predicted molar refractivity (Wildman–Crippen MR) is 145 cm³/mol. The summed E-state index contributed by atoms with van der Waals surface area (Å²) in [7, 11) is -0.330. The van der Waals surface area contributed by atoms with Crippen LogP contribution in [0.3, 0.4) is 0 Å². The zero-order valence-electron chi connectivity index (χ0n) is 21.4. The molecular formula is C29H31N3O5S. The lowest BCUT2D eigenvalue weighted by Crippen LogP contribution is -2.67. The number of H-pyrrole nitrogens is 1. The van der Waals surface area contributed by atoms with Crippen molar-refractivity contribution in [3.8, 4) is 11.5 Å². The quantitative estimate of drug-likeness (QED) is 0.376. The van der Waals surface area contributed by atoms with Crippen molar-refractivity contribution in [1.82, 2.24) is 14.2 Å². The Morgan fingerprint density at radius 1 is 0.974 bits per heavy atom. The highest BCUT2D eigenvalue weighted by Gasteiger charge is 2.55. The monoisotopic (exact) mass is 533 g/mol. The van der Waals surface area contributed by atoms with E-state index in [9.17, 15) is 13.5 Å². The van der Waals surface area contributed by atoms with E-state index in [-0.39, 0.29) is 12.6 Å². The first-order chi connectivity index (χ1) is 18.4. The molecule has 4 aromatic rings. The van der Waals surface area contributed by atoms with Gasteiger partial charge in [-0.05, 0) is 35.9 Å². The summed E-state index contributed by atoms with van der Waals surface area (Å²) < 4.78 is 39.5. The predicted octanol–water partition coefficient (Wildman–Crippen LogP) is 3.68. The number of aromatic amines is 1. The number of methoxy groups -OCH3 is 2. The van der Waals surface area contributed by atoms with Crippen molar-refractivity contribution < 1.29 is 23.0 Å². The van der Waals surface area contributed by atoms with Crippen LogP contribution in [0.5, 0.6) is 11.5 Å². The summed E-state index contributed by atoms with van der Waals surface area (Å²) >= 11 is 0. The molecule has 1 saturated heterocycles. The Hall–Kier alpha value is -3.37. The maximum absolute atomic E-state index is 13.4. The first-order valence-electron chi connectivity index (χ1n) is 12.6. The third kappa shape index (κ3) is 3.89. The summed E-state index contributed by atoms with van der Waals surface area (Å²) in [6.07, 6.45) is 0. The lowest BCUT2D eigenvalue weighted by atomic mass is 9.70. The maximum atomic E-state index is 13.4. The number of hydrogen-bond acceptors (Lipinski definition) is 6. The first kappa shape index (κ1) is 24.9. The summed E-state index contributed by atoms with van der Waals surface area (Å²) in [6.45, 7) is 1.80. The zero-order valence-corrected chi connectivity index (χ0v) is 22.2. The number of aliphatic hydroxyl groups is 1. The minimum absolute atomic E-state index is 0.0752. The Morgan fingerprint density at radius 3 is 2.42 bits per heavy atom. The summed E-state index contributed by atoms with van der Waals surface area (Å²) in [5, 5.41) is 11.6. The van der Waals surface area contributed by atoms with E-state index in [1.807, 2.05) is 48.5 Å². The number of para-hydroxylation sites is 1. The molecule has 3 heterocycles. The smallest absolute Gasteiger partial charge is 0.243 e. The molecule has 6 rings (SSSR count). The van der Waals surface area contributed by atoms with Gasteiger partial charge in [-0.25, -0.2) is 8.42 Å². The largest absolute Gasteiger partial charge is 0.497 e. The molecule has 1 aromatic heterocycles. The lowest BCUT2D eigenvalue weighted by Gasteiger charge is -2.55. The Kier molecular flexibility index (Phi) is 6.19. The highest BCUT2D eigenvalue weighted by atomic mass is 32.2. The van der Waals surface area contributed by atoms with E-state index in [4.69, 9.17) is 9.47 Å². The summed E-state index contributed by atoms with van der Waals surface area (Å²) in [5.74, 6) is 1.52. The van der Waals surface area contributed by atoms with Crippen LogP contribution in [-0.4, -0.2) is 68.2 Å². The number of nitrogens with one attached hydrogen (secondary N) is 1. The number of fused-ring (bicyclic) bond motifs is 4. The molecule has 38 heavy (non-hydrogen) atoms. The fourth-order valence-corrected chi connectivity index (χ4v) is 7.76. The first-order valence-corrected chi connectivity index (χ1v) is 14.1. The van der Waals surface area contributed by atoms with E-state index in [1.165, 1.54) is 0 Å². The molecule has 2 aliphatic heterocycles. The van der Waals surface area contributed by atoms with E-state index in [1.54, 1.807) is 42.8 Å². The molecule has 9 heteroatoms. The van der Waals surface area contributed by atoms with Gasteiger partial charge < -0.3 is 19.6 Å². The summed E-state index contributed by atoms with van der Waals surface area (Å²) in [6, 6.07) is 22.1. The number of benzene rings is 3. The normalized spacial score (nSPS) is 19.3. The van der Waals surface area contributed by atoms with E-state index in [0.717, 1.165) is 39.2 Å². The van der Waals surface area contributed by atoms with Gasteiger partial charge in [0.05, 0.1) is 31.8 Å². The lowest BCUT2D eigenvalue weighted by molar-refractivity contribution is 0.0254. The van der Waals surface area contributed by atoms with Crippen LogP contribution in [0, 0.1) is 0 Å². The second-order valence-electron chi connectivity index (χ2n) is 10.1. The van der Waals surface area contributed by atoms with Gasteiger partial charge in [0.15, 0.2) is 0 Å². The van der Waals surface area contributed by atoms with Crippen LogP contribution in [0.15, 0.2) is 77.7 Å². The number of sulfonamides is 1. The van der Waals surface area contributed by atoms with Crippen molar-refractivity contribution in [2.75, 3.05) is 40.5 Å². The van der Waals surface area contributed by atoms with Gasteiger partial charge in [-0.15, -0.1) is 0 Å². The molecule has 2 aliphatic rings. The number of nitrogens with zero attached hydrogens (tertiary/aromatic N) is 2. The molecule has 3 aromatic carbocycles. The van der Waals surface area contributed by atoms with Crippen LogP contribution >= 0.6 is 0 Å². The number of hydrogen-bond donors (Lipinski definition) is 2. The molecule has 2 N–H and O–H groups in total. The number of aromatic nitrogens is 1. The SMILES string of the molecule is COc1ccc2c3c([nH]c2c1)[C@H](CO)N(Cc1ccccc1OC)CC31CN(S(=O)(=O)c2ccccc2)C1. The topological polar surface area (TPSA) is 95.1 Å². The van der Waals surface area contributed by atoms with Crippen molar-refractivity contribution in [3.05, 3.63) is 89.6 Å². The fourth-order valence-electron chi connectivity index (χ4n) is 6.13. The molecule has 198 valence electrons. The molecule has 0 bridgehead atoms. The van der Waals surface area contributed by atoms with Crippen LogP contribution in [0.1, 0.15) is 22.9 Å². The average molecular weight is 534 g/mol. The van der Waals surface area contributed by atoms with Crippen molar-refractivity contribution in [1.29, 1.82) is 0 Å². The van der Waals surface area contributed by atoms with Crippen molar-refractivity contribution in [2.24, 2.45) is 0 Å². The Balaban J connectivity index is 1.44. The van der Waals surface area contributed by atoms with Gasteiger partial charge >= 0.3 is 0 Å². The third-order valence-electron chi connectivity index (χ3n) is 7.92. The second-order valence-corrected chi connectivity index (χ2v) is 12.0. The highest BCUT2D eigenvalue weighted by molar-refractivity contribution is 7.89. The van der Waals surface area contributed by atoms with Crippen molar-refractivity contribution in [3.63, 3.8) is 0 Å². The van der Waals surface area contributed by atoms with Crippen LogP contribution in [0.25, 0.3) is 10.9 Å². The third-order valence-corrected chi connectivity index (χ3v) is 9.73. The Labute approximate surface area is 222 Å². The van der Waals surface area contributed by atoms with E-state index < -0.39 is 15.4 Å². The van der Waals surface area contributed by atoms with Gasteiger partial charge in [0.25, 0.3) is 0 Å². The van der Waals surface area contributed by atoms with Gasteiger partial charge in [0, 0.05) is 59.8 Å². The molecular weight excluding hydrogens is 502 g/mol. The molecule has 1 atom stereocenters. The second kappa shape index (κ2) is 9.43. The minimum atomic E-state index is -3.62. The summed E-state index contributed by atoms with van der Waals surface area (Å²) in [5.41, 5.74) is 3.50. The summed E-state index contributed by atoms with van der Waals surface area (Å²) in [4.78, 5) is 6.10. The van der Waals surface area contributed by atoms with Crippen LogP contribution < -0.4 is 9.47 Å². The molecule has 0 unspecified atom stereocenters. The molecule has 0 aliphatic carbocycles. The van der Waals surface area contributed by atoms with Gasteiger partial charge in [0.1, 0.15) is 11.5 Å². The molecule has 0 amide bonds. The number of aliphatic hydroxyl groups excluding tert-OH is 1. The van der Waals surface area contributed by atoms with Gasteiger partial charge in [0.2, 0.25) is 10.0 Å². The number of ether oxygens (including phenoxy) is 2. The standard InChI is InChI=1S/C29H31N3O5S/c1-36-21-12-13-23-24(14-21)30-28-25(16-33)31(15-20-8-6-7-11-26(20)37-2)17-29(27(23)28)18-32(19-29)38(34,35)22-9-4-3-5-10-22/h3-14,25,30,33H,15-19H2,1-2H3/t25-/m0/s1. The van der Waals surface area contributed by atoms with Gasteiger partial charge in [-0.1, -0.05) is 36.4 Å². The zero-order chi connectivity index (χ0) is 26.5. The van der Waals surface area contributed by atoms with Gasteiger partial charge in [-0.2, -0.15) is 4.31 Å².